The van der Waals surface area contributed by atoms with Crippen molar-refractivity contribution < 1.29 is 13.6 Å². The molecule has 0 unspecified atom stereocenters. The molecule has 0 spiro atoms. The van der Waals surface area contributed by atoms with Crippen molar-refractivity contribution >= 4 is 34.4 Å². The minimum absolute atomic E-state index is 0.284. The number of thiophene rings is 1. The first-order chi connectivity index (χ1) is 13.0. The number of carbonyl (C=O) groups is 1. The van der Waals surface area contributed by atoms with Gasteiger partial charge in [0.25, 0.3) is 5.91 Å². The second-order valence-corrected chi connectivity index (χ2v) is 7.35. The third-order valence-corrected chi connectivity index (χ3v) is 5.54. The highest BCUT2D eigenvalue weighted by atomic mass is 32.1. The Morgan fingerprint density at radius 1 is 1.15 bits per heavy atom. The van der Waals surface area contributed by atoms with Gasteiger partial charge in [-0.1, -0.05) is 12.1 Å². The van der Waals surface area contributed by atoms with Crippen LogP contribution in [0.15, 0.2) is 47.3 Å². The maximum atomic E-state index is 13.9. The van der Waals surface area contributed by atoms with E-state index < -0.39 is 23.1 Å². The van der Waals surface area contributed by atoms with E-state index in [1.54, 1.807) is 22.8 Å². The zero-order valence-electron chi connectivity index (χ0n) is 13.9. The largest absolute Gasteiger partial charge is 0.306 e. The third kappa shape index (κ3) is 3.26. The van der Waals surface area contributed by atoms with Gasteiger partial charge in [0.05, 0.1) is 16.8 Å². The number of benzene rings is 1. The average Bonchev–Trinajstić information content (AvgIpc) is 3.35. The SMILES string of the molecule is Cc1ncc(NC(=O)c2c(F)cccc2F)n1-c1nc(-c2cccs2)cs1. The standard InChI is InChI=1S/C18H12F2N4OS2/c1-10-21-8-15(23-17(25)16-11(19)4-2-5-12(16)20)24(10)18-22-13(9-27-18)14-6-3-7-26-14/h2-9H,1H3,(H,23,25). The Hall–Kier alpha value is -2.91. The van der Waals surface area contributed by atoms with Gasteiger partial charge >= 0.3 is 0 Å². The second-order valence-electron chi connectivity index (χ2n) is 5.57. The van der Waals surface area contributed by atoms with Gasteiger partial charge < -0.3 is 5.32 Å². The maximum Gasteiger partial charge on any atom is 0.262 e. The zero-order valence-corrected chi connectivity index (χ0v) is 15.6. The molecule has 0 saturated heterocycles. The van der Waals surface area contributed by atoms with E-state index in [0.717, 1.165) is 22.7 Å². The third-order valence-electron chi connectivity index (χ3n) is 3.83. The van der Waals surface area contributed by atoms with Gasteiger partial charge in [-0.3, -0.25) is 9.36 Å². The number of thiazole rings is 1. The highest BCUT2D eigenvalue weighted by Crippen LogP contribution is 2.30. The minimum atomic E-state index is -0.926. The molecule has 0 fully saturated rings. The molecule has 0 atom stereocenters. The van der Waals surface area contributed by atoms with Crippen molar-refractivity contribution in [2.75, 3.05) is 5.32 Å². The molecular weight excluding hydrogens is 390 g/mol. The summed E-state index contributed by atoms with van der Waals surface area (Å²) in [5.74, 6) is -1.87. The lowest BCUT2D eigenvalue weighted by Gasteiger charge is -2.09. The summed E-state index contributed by atoms with van der Waals surface area (Å²) < 4.78 is 29.4. The number of rotatable bonds is 4. The van der Waals surface area contributed by atoms with Gasteiger partial charge in [0.2, 0.25) is 0 Å². The smallest absolute Gasteiger partial charge is 0.262 e. The monoisotopic (exact) mass is 402 g/mol. The van der Waals surface area contributed by atoms with E-state index in [9.17, 15) is 13.6 Å². The second kappa shape index (κ2) is 7.01. The molecule has 0 aliphatic heterocycles. The molecule has 3 aromatic heterocycles. The summed E-state index contributed by atoms with van der Waals surface area (Å²) in [5, 5.41) is 6.99. The Balaban J connectivity index is 1.68. The molecule has 0 aliphatic carbocycles. The van der Waals surface area contributed by atoms with Crippen molar-refractivity contribution in [1.29, 1.82) is 0 Å². The van der Waals surface area contributed by atoms with Crippen molar-refractivity contribution in [2.24, 2.45) is 0 Å². The quantitative estimate of drug-likeness (QED) is 0.528. The fourth-order valence-electron chi connectivity index (χ4n) is 2.57. The van der Waals surface area contributed by atoms with Crippen LogP contribution in [0.1, 0.15) is 16.2 Å². The fourth-order valence-corrected chi connectivity index (χ4v) is 4.22. The molecule has 4 rings (SSSR count). The van der Waals surface area contributed by atoms with Crippen molar-refractivity contribution in [1.82, 2.24) is 14.5 Å². The van der Waals surface area contributed by atoms with E-state index in [-0.39, 0.29) is 5.82 Å². The normalized spacial score (nSPS) is 10.9. The van der Waals surface area contributed by atoms with Crippen molar-refractivity contribution in [3.63, 3.8) is 0 Å². The number of aromatic nitrogens is 3. The summed E-state index contributed by atoms with van der Waals surface area (Å²) in [5.41, 5.74) is 0.178. The van der Waals surface area contributed by atoms with Crippen LogP contribution in [-0.4, -0.2) is 20.4 Å². The summed E-state index contributed by atoms with van der Waals surface area (Å²) in [4.78, 5) is 22.2. The van der Waals surface area contributed by atoms with Crippen molar-refractivity contribution in [2.45, 2.75) is 6.92 Å². The van der Waals surface area contributed by atoms with Crippen molar-refractivity contribution in [3.05, 3.63) is 70.3 Å². The molecule has 5 nitrogen and oxygen atoms in total. The number of nitrogens with one attached hydrogen (secondary N) is 1. The maximum absolute atomic E-state index is 13.9. The lowest BCUT2D eigenvalue weighted by Crippen LogP contribution is -2.18. The van der Waals surface area contributed by atoms with E-state index in [1.807, 2.05) is 22.9 Å². The summed E-state index contributed by atoms with van der Waals surface area (Å²) >= 11 is 2.95. The lowest BCUT2D eigenvalue weighted by atomic mass is 10.2. The molecule has 4 aromatic rings. The van der Waals surface area contributed by atoms with Crippen LogP contribution in [0.5, 0.6) is 0 Å². The van der Waals surface area contributed by atoms with Gasteiger partial charge in [-0.15, -0.1) is 22.7 Å². The van der Waals surface area contributed by atoms with Gasteiger partial charge in [-0.25, -0.2) is 18.7 Å². The number of imidazole rings is 1. The highest BCUT2D eigenvalue weighted by Gasteiger charge is 2.20. The number of halogens is 2. The predicted octanol–water partition coefficient (Wildman–Crippen LogP) is 4.90. The first-order valence-electron chi connectivity index (χ1n) is 7.84. The molecular formula is C18H12F2N4OS2. The van der Waals surface area contributed by atoms with Crippen LogP contribution in [0, 0.1) is 18.6 Å². The molecule has 1 N–H and O–H groups in total. The van der Waals surface area contributed by atoms with Gasteiger partial charge in [-0.2, -0.15) is 0 Å². The van der Waals surface area contributed by atoms with Gasteiger partial charge in [0.15, 0.2) is 5.13 Å². The van der Waals surface area contributed by atoms with E-state index in [4.69, 9.17) is 0 Å². The summed E-state index contributed by atoms with van der Waals surface area (Å²) in [7, 11) is 0. The molecule has 27 heavy (non-hydrogen) atoms. The Morgan fingerprint density at radius 2 is 1.93 bits per heavy atom. The summed E-state index contributed by atoms with van der Waals surface area (Å²) in [6.07, 6.45) is 1.43. The van der Waals surface area contributed by atoms with Gasteiger partial charge in [0, 0.05) is 5.38 Å². The van der Waals surface area contributed by atoms with E-state index in [2.05, 4.69) is 15.3 Å². The average molecular weight is 402 g/mol. The number of hydrogen-bond donors (Lipinski definition) is 1. The molecule has 0 radical (unpaired) electrons. The molecule has 0 bridgehead atoms. The Labute approximate surface area is 161 Å². The lowest BCUT2D eigenvalue weighted by molar-refractivity contribution is 0.101. The zero-order chi connectivity index (χ0) is 19.0. The summed E-state index contributed by atoms with van der Waals surface area (Å²) in [6.45, 7) is 1.76. The van der Waals surface area contributed by atoms with Crippen molar-refractivity contribution in [3.8, 4) is 15.7 Å². The molecule has 0 saturated carbocycles. The number of anilines is 1. The van der Waals surface area contributed by atoms with Crippen LogP contribution < -0.4 is 5.32 Å². The Morgan fingerprint density at radius 3 is 2.63 bits per heavy atom. The Kier molecular flexibility index (Phi) is 4.54. The topological polar surface area (TPSA) is 59.8 Å². The van der Waals surface area contributed by atoms with Gasteiger partial charge in [0.1, 0.15) is 28.8 Å². The first kappa shape index (κ1) is 17.5. The van der Waals surface area contributed by atoms with Crippen LogP contribution in [0.3, 0.4) is 0 Å². The number of amides is 1. The van der Waals surface area contributed by atoms with Crippen LogP contribution >= 0.6 is 22.7 Å². The van der Waals surface area contributed by atoms with Crippen LogP contribution in [-0.2, 0) is 0 Å². The Bertz CT molecular complexity index is 1100. The number of carbonyl (C=O) groups excluding carboxylic acids is 1. The first-order valence-corrected chi connectivity index (χ1v) is 9.60. The van der Waals surface area contributed by atoms with Crippen LogP contribution in [0.25, 0.3) is 15.7 Å². The minimum Gasteiger partial charge on any atom is -0.306 e. The van der Waals surface area contributed by atoms with E-state index in [0.29, 0.717) is 11.0 Å². The van der Waals surface area contributed by atoms with Gasteiger partial charge in [-0.05, 0) is 30.5 Å². The van der Waals surface area contributed by atoms with E-state index in [1.165, 1.54) is 23.6 Å². The fraction of sp³-hybridized carbons (Fsp3) is 0.0556. The van der Waals surface area contributed by atoms with Crippen LogP contribution in [0.4, 0.5) is 14.6 Å². The molecule has 1 aromatic carbocycles. The highest BCUT2D eigenvalue weighted by molar-refractivity contribution is 7.15. The van der Waals surface area contributed by atoms with E-state index >= 15 is 0 Å². The van der Waals surface area contributed by atoms with Crippen LogP contribution in [0.2, 0.25) is 0 Å². The molecule has 136 valence electrons. The number of nitrogens with zero attached hydrogens (tertiary/aromatic N) is 3. The predicted molar refractivity (Wildman–Crippen MR) is 102 cm³/mol. The summed E-state index contributed by atoms with van der Waals surface area (Å²) in [6, 6.07) is 7.19. The molecule has 9 heteroatoms. The molecule has 0 aliphatic rings. The molecule has 1 amide bonds. The molecule has 3 heterocycles. The number of hydrogen-bond acceptors (Lipinski definition) is 5. The number of aryl methyl sites for hydroxylation is 1.